The zero-order valence-electron chi connectivity index (χ0n) is 10.1. The van der Waals surface area contributed by atoms with Crippen molar-refractivity contribution >= 4 is 23.2 Å². The predicted octanol–water partition coefficient (Wildman–Crippen LogP) is 4.65. The van der Waals surface area contributed by atoms with Crippen molar-refractivity contribution in [2.45, 2.75) is 12.5 Å². The van der Waals surface area contributed by atoms with E-state index in [0.717, 1.165) is 18.2 Å². The van der Waals surface area contributed by atoms with Gasteiger partial charge in [-0.25, -0.2) is 13.2 Å². The summed E-state index contributed by atoms with van der Waals surface area (Å²) in [5, 5.41) is -0.0698. The van der Waals surface area contributed by atoms with E-state index in [4.69, 9.17) is 28.9 Å². The quantitative estimate of drug-likeness (QED) is 0.818. The minimum absolute atomic E-state index is 0.0149. The molecular weight excluding hydrogens is 310 g/mol. The summed E-state index contributed by atoms with van der Waals surface area (Å²) in [6.45, 7) is 0. The van der Waals surface area contributed by atoms with Gasteiger partial charge in [0.15, 0.2) is 0 Å². The molecule has 2 aromatic rings. The molecule has 0 bridgehead atoms. The Morgan fingerprint density at radius 1 is 0.950 bits per heavy atom. The predicted molar refractivity (Wildman–Crippen MR) is 73.4 cm³/mol. The second kappa shape index (κ2) is 6.04. The van der Waals surface area contributed by atoms with Gasteiger partial charge in [0.05, 0.1) is 5.02 Å². The summed E-state index contributed by atoms with van der Waals surface area (Å²) in [4.78, 5) is 0. The van der Waals surface area contributed by atoms with Crippen molar-refractivity contribution in [1.82, 2.24) is 0 Å². The average molecular weight is 320 g/mol. The minimum atomic E-state index is -0.891. The number of rotatable bonds is 3. The fourth-order valence-corrected chi connectivity index (χ4v) is 2.17. The van der Waals surface area contributed by atoms with Crippen LogP contribution in [-0.2, 0) is 6.42 Å². The molecule has 2 N–H and O–H groups in total. The topological polar surface area (TPSA) is 26.0 Å². The molecule has 1 nitrogen and oxygen atoms in total. The van der Waals surface area contributed by atoms with Crippen LogP contribution in [0.15, 0.2) is 30.3 Å². The van der Waals surface area contributed by atoms with Crippen molar-refractivity contribution in [1.29, 1.82) is 0 Å². The molecule has 0 radical (unpaired) electrons. The second-order valence-electron chi connectivity index (χ2n) is 4.33. The summed E-state index contributed by atoms with van der Waals surface area (Å²) in [5.74, 6) is -2.03. The molecule has 0 aliphatic heterocycles. The van der Waals surface area contributed by atoms with Gasteiger partial charge in [-0.3, -0.25) is 0 Å². The molecule has 0 spiro atoms. The van der Waals surface area contributed by atoms with Crippen LogP contribution in [0.5, 0.6) is 0 Å². The lowest BCUT2D eigenvalue weighted by molar-refractivity contribution is 0.551. The SMILES string of the molecule is NC(Cc1ccc(Cl)cc1F)c1cc(F)c(Cl)cc1F. The number of benzene rings is 2. The van der Waals surface area contributed by atoms with Crippen LogP contribution in [-0.4, -0.2) is 0 Å². The maximum Gasteiger partial charge on any atom is 0.142 e. The number of hydrogen-bond donors (Lipinski definition) is 1. The molecule has 1 atom stereocenters. The minimum Gasteiger partial charge on any atom is -0.324 e. The van der Waals surface area contributed by atoms with Crippen LogP contribution in [0.1, 0.15) is 17.2 Å². The van der Waals surface area contributed by atoms with Crippen molar-refractivity contribution in [3.05, 3.63) is 69.0 Å². The highest BCUT2D eigenvalue weighted by Gasteiger charge is 2.17. The standard InChI is InChI=1S/C14H10Cl2F3N/c15-8-2-1-7(11(17)4-8)3-14(20)9-5-13(19)10(16)6-12(9)18/h1-2,4-6,14H,3,20H2. The van der Waals surface area contributed by atoms with Crippen molar-refractivity contribution in [2.75, 3.05) is 0 Å². The van der Waals surface area contributed by atoms with Gasteiger partial charge in [0.25, 0.3) is 0 Å². The Kier molecular flexibility index (Phi) is 4.58. The molecule has 0 saturated carbocycles. The van der Waals surface area contributed by atoms with Crippen molar-refractivity contribution in [3.63, 3.8) is 0 Å². The smallest absolute Gasteiger partial charge is 0.142 e. The van der Waals surface area contributed by atoms with Crippen molar-refractivity contribution in [2.24, 2.45) is 5.73 Å². The highest BCUT2D eigenvalue weighted by atomic mass is 35.5. The molecule has 0 aliphatic rings. The first-order chi connectivity index (χ1) is 9.38. The van der Waals surface area contributed by atoms with Crippen LogP contribution in [0.25, 0.3) is 0 Å². The molecule has 0 aliphatic carbocycles. The van der Waals surface area contributed by atoms with Gasteiger partial charge >= 0.3 is 0 Å². The van der Waals surface area contributed by atoms with Crippen molar-refractivity contribution in [3.8, 4) is 0 Å². The fraction of sp³-hybridized carbons (Fsp3) is 0.143. The Hall–Kier alpha value is -1.23. The van der Waals surface area contributed by atoms with E-state index in [9.17, 15) is 13.2 Å². The molecule has 20 heavy (non-hydrogen) atoms. The zero-order chi connectivity index (χ0) is 14.9. The van der Waals surface area contributed by atoms with Crippen LogP contribution in [0.4, 0.5) is 13.2 Å². The van der Waals surface area contributed by atoms with E-state index in [1.165, 1.54) is 12.1 Å². The average Bonchev–Trinajstić information content (AvgIpc) is 2.37. The fourth-order valence-electron chi connectivity index (χ4n) is 1.86. The third-order valence-corrected chi connectivity index (χ3v) is 3.42. The molecule has 6 heteroatoms. The Morgan fingerprint density at radius 3 is 2.30 bits per heavy atom. The summed E-state index contributed by atoms with van der Waals surface area (Å²) >= 11 is 11.1. The zero-order valence-corrected chi connectivity index (χ0v) is 11.7. The maximum absolute atomic E-state index is 13.7. The van der Waals surface area contributed by atoms with E-state index in [-0.39, 0.29) is 27.6 Å². The molecule has 1 unspecified atom stereocenters. The molecule has 0 heterocycles. The monoisotopic (exact) mass is 319 g/mol. The normalized spacial score (nSPS) is 12.5. The van der Waals surface area contributed by atoms with E-state index in [1.807, 2.05) is 0 Å². The van der Waals surface area contributed by atoms with E-state index in [0.29, 0.717) is 0 Å². The van der Waals surface area contributed by atoms with Gasteiger partial charge in [0.2, 0.25) is 0 Å². The van der Waals surface area contributed by atoms with Gasteiger partial charge < -0.3 is 5.73 Å². The number of nitrogens with two attached hydrogens (primary N) is 1. The van der Waals surface area contributed by atoms with E-state index >= 15 is 0 Å². The van der Waals surface area contributed by atoms with E-state index < -0.39 is 23.5 Å². The second-order valence-corrected chi connectivity index (χ2v) is 5.18. The van der Waals surface area contributed by atoms with E-state index in [2.05, 4.69) is 0 Å². The molecule has 0 saturated heterocycles. The van der Waals surface area contributed by atoms with Crippen LogP contribution in [0.3, 0.4) is 0 Å². The third kappa shape index (κ3) is 3.26. The Bertz CT molecular complexity index is 647. The molecule has 2 rings (SSSR count). The van der Waals surface area contributed by atoms with Gasteiger partial charge in [-0.15, -0.1) is 0 Å². The maximum atomic E-state index is 13.7. The van der Waals surface area contributed by atoms with Crippen LogP contribution >= 0.6 is 23.2 Å². The van der Waals surface area contributed by atoms with Gasteiger partial charge in [-0.2, -0.15) is 0 Å². The van der Waals surface area contributed by atoms with Gasteiger partial charge in [-0.1, -0.05) is 29.3 Å². The molecule has 106 valence electrons. The Labute approximate surface area is 124 Å². The molecular formula is C14H10Cl2F3N. The van der Waals surface area contributed by atoms with Gasteiger partial charge in [0, 0.05) is 16.6 Å². The lowest BCUT2D eigenvalue weighted by Crippen LogP contribution is -2.16. The van der Waals surface area contributed by atoms with Gasteiger partial charge in [-0.05, 0) is 36.2 Å². The first-order valence-corrected chi connectivity index (χ1v) is 6.48. The summed E-state index contributed by atoms with van der Waals surface area (Å²) in [6.07, 6.45) is 0.0149. The number of halogens is 5. The van der Waals surface area contributed by atoms with Crippen LogP contribution in [0, 0.1) is 17.5 Å². The molecule has 0 aromatic heterocycles. The van der Waals surface area contributed by atoms with E-state index in [1.54, 1.807) is 0 Å². The highest BCUT2D eigenvalue weighted by molar-refractivity contribution is 6.30. The van der Waals surface area contributed by atoms with Crippen LogP contribution in [0.2, 0.25) is 10.0 Å². The van der Waals surface area contributed by atoms with Crippen LogP contribution < -0.4 is 5.73 Å². The molecule has 2 aromatic carbocycles. The summed E-state index contributed by atoms with van der Waals surface area (Å²) in [6, 6.07) is 4.99. The largest absolute Gasteiger partial charge is 0.324 e. The molecule has 0 amide bonds. The Balaban J connectivity index is 2.28. The first kappa shape index (κ1) is 15.2. The lowest BCUT2D eigenvalue weighted by atomic mass is 9.99. The van der Waals surface area contributed by atoms with Gasteiger partial charge in [0.1, 0.15) is 17.5 Å². The lowest BCUT2D eigenvalue weighted by Gasteiger charge is -2.14. The first-order valence-electron chi connectivity index (χ1n) is 5.72. The summed E-state index contributed by atoms with van der Waals surface area (Å²) in [7, 11) is 0. The number of hydrogen-bond acceptors (Lipinski definition) is 1. The third-order valence-electron chi connectivity index (χ3n) is 2.89. The highest BCUT2D eigenvalue weighted by Crippen LogP contribution is 2.26. The molecule has 0 fully saturated rings. The summed E-state index contributed by atoms with van der Waals surface area (Å²) < 4.78 is 40.7. The summed E-state index contributed by atoms with van der Waals surface area (Å²) in [5.41, 5.74) is 6.02. The van der Waals surface area contributed by atoms with Crippen molar-refractivity contribution < 1.29 is 13.2 Å². The Morgan fingerprint density at radius 2 is 1.65 bits per heavy atom.